The lowest BCUT2D eigenvalue weighted by atomic mass is 9.94. The molecule has 0 bridgehead atoms. The number of aliphatic imine (C=N–C) groups is 1. The number of nitrogens with zero attached hydrogens (tertiary/aromatic N) is 1. The van der Waals surface area contributed by atoms with Crippen LogP contribution < -0.4 is 20.5 Å². The van der Waals surface area contributed by atoms with Gasteiger partial charge in [-0.1, -0.05) is 0 Å². The molecule has 1 aliphatic rings. The van der Waals surface area contributed by atoms with Crippen LogP contribution in [0.3, 0.4) is 0 Å². The molecule has 9 heteroatoms. The summed E-state index contributed by atoms with van der Waals surface area (Å²) in [5.74, 6) is 0.208. The molecular weight excluding hydrogens is 392 g/mol. The number of carboxylic acids is 1. The third-order valence-corrected chi connectivity index (χ3v) is 6.18. The smallest absolute Gasteiger partial charge is 0.326 e. The molecule has 2 rings (SSSR count). The van der Waals surface area contributed by atoms with E-state index in [9.17, 15) is 9.59 Å². The molecule has 0 aliphatic carbocycles. The van der Waals surface area contributed by atoms with Crippen LogP contribution in [0.1, 0.15) is 48.9 Å². The standard InChI is InChI=1S/C20H30N4O4S/c1-11-12(2)17(13(3)14-9-20(4,5)28-16(11)14)29-24-19(21)22-8-6-7-15(18(26)27)23-10-25/h10,15H,6-9H2,1-5H3,(H,23,25)(H,26,27)(H3,21,22,24). The predicted molar refractivity (Wildman–Crippen MR) is 114 cm³/mol. The highest BCUT2D eigenvalue weighted by atomic mass is 32.2. The lowest BCUT2D eigenvalue weighted by molar-refractivity contribution is -0.140. The maximum absolute atomic E-state index is 11.0. The second kappa shape index (κ2) is 9.39. The zero-order chi connectivity index (χ0) is 21.8. The number of rotatable bonds is 9. The molecule has 0 aromatic heterocycles. The number of ether oxygens (including phenoxy) is 1. The molecule has 1 heterocycles. The summed E-state index contributed by atoms with van der Waals surface area (Å²) in [6.45, 7) is 10.8. The number of carbonyl (C=O) groups excluding carboxylic acids is 1. The molecule has 0 saturated heterocycles. The van der Waals surface area contributed by atoms with E-state index >= 15 is 0 Å². The Morgan fingerprint density at radius 2 is 2.03 bits per heavy atom. The van der Waals surface area contributed by atoms with Crippen molar-refractivity contribution in [3.05, 3.63) is 22.3 Å². The van der Waals surface area contributed by atoms with Crippen LogP contribution >= 0.6 is 11.9 Å². The number of benzene rings is 1. The van der Waals surface area contributed by atoms with Gasteiger partial charge in [0.1, 0.15) is 17.4 Å². The van der Waals surface area contributed by atoms with Gasteiger partial charge in [-0.2, -0.15) is 0 Å². The number of aliphatic carboxylic acids is 1. The lowest BCUT2D eigenvalue weighted by Crippen LogP contribution is -2.35. The molecule has 8 nitrogen and oxygen atoms in total. The summed E-state index contributed by atoms with van der Waals surface area (Å²) in [6, 6.07) is -0.905. The number of carbonyl (C=O) groups is 2. The number of hydrogen-bond donors (Lipinski definition) is 4. The minimum atomic E-state index is -1.06. The molecule has 1 amide bonds. The van der Waals surface area contributed by atoms with Gasteiger partial charge in [0, 0.05) is 23.4 Å². The third-order valence-electron chi connectivity index (χ3n) is 5.05. The number of nitrogens with one attached hydrogen (secondary N) is 2. The summed E-state index contributed by atoms with van der Waals surface area (Å²) >= 11 is 1.43. The van der Waals surface area contributed by atoms with Crippen molar-refractivity contribution in [1.29, 1.82) is 0 Å². The maximum atomic E-state index is 11.0. The van der Waals surface area contributed by atoms with Crippen LogP contribution in [0.2, 0.25) is 0 Å². The van der Waals surface area contributed by atoms with Crippen LogP contribution in [0.5, 0.6) is 5.75 Å². The summed E-state index contributed by atoms with van der Waals surface area (Å²) in [4.78, 5) is 26.8. The molecule has 1 aliphatic heterocycles. The van der Waals surface area contributed by atoms with E-state index in [1.807, 2.05) is 0 Å². The minimum Gasteiger partial charge on any atom is -0.487 e. The van der Waals surface area contributed by atoms with E-state index in [2.05, 4.69) is 49.6 Å². The molecule has 0 spiro atoms. The quantitative estimate of drug-likeness (QED) is 0.158. The average Bonchev–Trinajstić information content (AvgIpc) is 2.98. The Labute approximate surface area is 175 Å². The van der Waals surface area contributed by atoms with Gasteiger partial charge in [0.2, 0.25) is 6.41 Å². The van der Waals surface area contributed by atoms with Crippen LogP contribution in [0.15, 0.2) is 9.89 Å². The van der Waals surface area contributed by atoms with Crippen molar-refractivity contribution in [3.8, 4) is 5.75 Å². The first-order chi connectivity index (χ1) is 13.6. The largest absolute Gasteiger partial charge is 0.487 e. The molecule has 29 heavy (non-hydrogen) atoms. The summed E-state index contributed by atoms with van der Waals surface area (Å²) in [5, 5.41) is 11.3. The number of hydrogen-bond acceptors (Lipinski definition) is 5. The molecule has 0 saturated carbocycles. The third kappa shape index (κ3) is 5.56. The topological polar surface area (TPSA) is 126 Å². The zero-order valence-electron chi connectivity index (χ0n) is 17.6. The number of guanidine groups is 1. The predicted octanol–water partition coefficient (Wildman–Crippen LogP) is 2.22. The SMILES string of the molecule is Cc1c(C)c(SNC(N)=NCCCC(NC=O)C(=O)O)c(C)c2c1OC(C)(C)C2. The number of nitrogens with two attached hydrogens (primary N) is 1. The van der Waals surface area contributed by atoms with Gasteiger partial charge in [-0.15, -0.1) is 0 Å². The molecule has 1 atom stereocenters. The van der Waals surface area contributed by atoms with E-state index in [-0.39, 0.29) is 18.0 Å². The highest BCUT2D eigenvalue weighted by Crippen LogP contribution is 2.44. The van der Waals surface area contributed by atoms with Crippen LogP contribution in [-0.2, 0) is 16.0 Å². The van der Waals surface area contributed by atoms with Gasteiger partial charge in [0.25, 0.3) is 0 Å². The van der Waals surface area contributed by atoms with Gasteiger partial charge < -0.3 is 20.9 Å². The summed E-state index contributed by atoms with van der Waals surface area (Å²) in [6.07, 6.45) is 2.04. The molecule has 1 aromatic carbocycles. The van der Waals surface area contributed by atoms with Crippen LogP contribution in [0.25, 0.3) is 0 Å². The molecule has 0 fully saturated rings. The van der Waals surface area contributed by atoms with Crippen molar-refractivity contribution in [2.45, 2.75) is 70.4 Å². The van der Waals surface area contributed by atoms with Gasteiger partial charge in [0.05, 0.1) is 0 Å². The van der Waals surface area contributed by atoms with Crippen molar-refractivity contribution in [3.63, 3.8) is 0 Å². The van der Waals surface area contributed by atoms with E-state index in [1.165, 1.54) is 23.1 Å². The van der Waals surface area contributed by atoms with E-state index in [0.717, 1.165) is 28.2 Å². The fourth-order valence-electron chi connectivity index (χ4n) is 3.39. The van der Waals surface area contributed by atoms with Crippen molar-refractivity contribution in [1.82, 2.24) is 10.0 Å². The summed E-state index contributed by atoms with van der Waals surface area (Å²) < 4.78 is 9.21. The van der Waals surface area contributed by atoms with Gasteiger partial charge in [-0.25, -0.2) is 4.79 Å². The zero-order valence-corrected chi connectivity index (χ0v) is 18.4. The van der Waals surface area contributed by atoms with Crippen molar-refractivity contribution >= 4 is 30.3 Å². The molecule has 0 radical (unpaired) electrons. The van der Waals surface area contributed by atoms with E-state index in [4.69, 9.17) is 15.6 Å². The van der Waals surface area contributed by atoms with Crippen molar-refractivity contribution < 1.29 is 19.4 Å². The fraction of sp³-hybridized carbons (Fsp3) is 0.550. The normalized spacial score (nSPS) is 16.0. The molecule has 160 valence electrons. The van der Waals surface area contributed by atoms with Crippen molar-refractivity contribution in [2.75, 3.05) is 6.54 Å². The van der Waals surface area contributed by atoms with Crippen LogP contribution in [0.4, 0.5) is 0 Å². The Bertz CT molecular complexity index is 823. The average molecular weight is 423 g/mol. The van der Waals surface area contributed by atoms with Gasteiger partial charge in [-0.3, -0.25) is 14.5 Å². The minimum absolute atomic E-state index is 0.200. The highest BCUT2D eigenvalue weighted by molar-refractivity contribution is 7.98. The van der Waals surface area contributed by atoms with E-state index < -0.39 is 12.0 Å². The first kappa shape index (κ1) is 22.9. The maximum Gasteiger partial charge on any atom is 0.326 e. The van der Waals surface area contributed by atoms with Gasteiger partial charge >= 0.3 is 5.97 Å². The second-order valence-electron chi connectivity index (χ2n) is 7.84. The van der Waals surface area contributed by atoms with Crippen LogP contribution in [-0.4, -0.2) is 41.6 Å². The Morgan fingerprint density at radius 1 is 1.34 bits per heavy atom. The van der Waals surface area contributed by atoms with E-state index in [0.29, 0.717) is 19.4 Å². The fourth-order valence-corrected chi connectivity index (χ4v) is 4.24. The highest BCUT2D eigenvalue weighted by Gasteiger charge is 2.34. The Morgan fingerprint density at radius 3 is 2.66 bits per heavy atom. The molecule has 5 N–H and O–H groups in total. The monoisotopic (exact) mass is 422 g/mol. The van der Waals surface area contributed by atoms with Crippen LogP contribution in [0, 0.1) is 20.8 Å². The molecule has 1 unspecified atom stereocenters. The first-order valence-corrected chi connectivity index (χ1v) is 10.4. The lowest BCUT2D eigenvalue weighted by Gasteiger charge is -2.19. The summed E-state index contributed by atoms with van der Waals surface area (Å²) in [7, 11) is 0. The molecular formula is C20H30N4O4S. The summed E-state index contributed by atoms with van der Waals surface area (Å²) in [5.41, 5.74) is 10.5. The Kier molecular flexibility index (Phi) is 7.40. The number of amides is 1. The molecule has 1 aromatic rings. The first-order valence-electron chi connectivity index (χ1n) is 9.54. The second-order valence-corrected chi connectivity index (χ2v) is 8.66. The van der Waals surface area contributed by atoms with E-state index in [1.54, 1.807) is 0 Å². The van der Waals surface area contributed by atoms with Gasteiger partial charge in [-0.05, 0) is 76.1 Å². The van der Waals surface area contributed by atoms with Gasteiger partial charge in [0.15, 0.2) is 5.96 Å². The Hall–Kier alpha value is -2.42. The number of carboxylic acid groups (broad SMARTS) is 1. The Balaban J connectivity index is 1.98. The van der Waals surface area contributed by atoms with Crippen molar-refractivity contribution in [2.24, 2.45) is 10.7 Å². The number of fused-ring (bicyclic) bond motifs is 1.